The second-order valence-electron chi connectivity index (χ2n) is 4.99. The molecule has 0 bridgehead atoms. The van der Waals surface area contributed by atoms with Crippen LogP contribution in [0.4, 0.5) is 0 Å². The SMILES string of the molecule is CCNCc1cc(-c2cccc3ccncc23)ccc1Cl. The molecule has 0 unspecified atom stereocenters. The first-order valence-corrected chi connectivity index (χ1v) is 7.49. The lowest BCUT2D eigenvalue weighted by Gasteiger charge is -2.10. The van der Waals surface area contributed by atoms with E-state index in [2.05, 4.69) is 47.6 Å². The minimum Gasteiger partial charge on any atom is -0.313 e. The molecule has 0 spiro atoms. The Morgan fingerprint density at radius 2 is 2.05 bits per heavy atom. The van der Waals surface area contributed by atoms with Crippen molar-refractivity contribution in [2.24, 2.45) is 0 Å². The van der Waals surface area contributed by atoms with Gasteiger partial charge in [0.2, 0.25) is 0 Å². The van der Waals surface area contributed by atoms with Gasteiger partial charge in [-0.05, 0) is 46.8 Å². The number of nitrogens with one attached hydrogen (secondary N) is 1. The van der Waals surface area contributed by atoms with Gasteiger partial charge >= 0.3 is 0 Å². The molecule has 3 heteroatoms. The molecule has 1 N–H and O–H groups in total. The largest absolute Gasteiger partial charge is 0.313 e. The molecule has 21 heavy (non-hydrogen) atoms. The molecule has 0 atom stereocenters. The van der Waals surface area contributed by atoms with Gasteiger partial charge in [0.25, 0.3) is 0 Å². The molecule has 1 heterocycles. The first-order chi connectivity index (χ1) is 10.3. The zero-order valence-corrected chi connectivity index (χ0v) is 12.7. The highest BCUT2D eigenvalue weighted by atomic mass is 35.5. The Morgan fingerprint density at radius 1 is 1.14 bits per heavy atom. The molecule has 2 aromatic carbocycles. The number of rotatable bonds is 4. The van der Waals surface area contributed by atoms with Gasteiger partial charge in [-0.25, -0.2) is 0 Å². The van der Waals surface area contributed by atoms with Crippen LogP contribution in [-0.2, 0) is 6.54 Å². The Morgan fingerprint density at radius 3 is 2.90 bits per heavy atom. The number of aromatic nitrogens is 1. The number of nitrogens with zero attached hydrogens (tertiary/aromatic N) is 1. The van der Waals surface area contributed by atoms with Crippen molar-refractivity contribution in [1.29, 1.82) is 0 Å². The molecular weight excluding hydrogens is 280 g/mol. The average Bonchev–Trinajstić information content (AvgIpc) is 2.54. The predicted molar refractivity (Wildman–Crippen MR) is 89.6 cm³/mol. The van der Waals surface area contributed by atoms with Gasteiger partial charge in [-0.1, -0.05) is 42.8 Å². The summed E-state index contributed by atoms with van der Waals surface area (Å²) in [6, 6.07) is 14.6. The fourth-order valence-corrected chi connectivity index (χ4v) is 2.69. The molecule has 0 amide bonds. The van der Waals surface area contributed by atoms with E-state index in [-0.39, 0.29) is 0 Å². The summed E-state index contributed by atoms with van der Waals surface area (Å²) >= 11 is 6.29. The summed E-state index contributed by atoms with van der Waals surface area (Å²) in [4.78, 5) is 4.25. The lowest BCUT2D eigenvalue weighted by atomic mass is 9.98. The van der Waals surface area contributed by atoms with Crippen LogP contribution < -0.4 is 5.32 Å². The molecule has 0 aliphatic heterocycles. The van der Waals surface area contributed by atoms with Crippen LogP contribution in [0.1, 0.15) is 12.5 Å². The summed E-state index contributed by atoms with van der Waals surface area (Å²) in [7, 11) is 0. The summed E-state index contributed by atoms with van der Waals surface area (Å²) in [5.74, 6) is 0. The molecule has 3 rings (SSSR count). The number of fused-ring (bicyclic) bond motifs is 1. The standard InChI is InChI=1S/C18H17ClN2/c1-2-20-11-15-10-14(6-7-18(15)19)16-5-3-4-13-8-9-21-12-17(13)16/h3-10,12,20H,2,11H2,1H3. The van der Waals surface area contributed by atoms with Crippen molar-refractivity contribution in [3.8, 4) is 11.1 Å². The fraction of sp³-hybridized carbons (Fsp3) is 0.167. The zero-order chi connectivity index (χ0) is 14.7. The average molecular weight is 297 g/mol. The van der Waals surface area contributed by atoms with Crippen LogP contribution in [0.2, 0.25) is 5.02 Å². The van der Waals surface area contributed by atoms with Crippen molar-refractivity contribution in [1.82, 2.24) is 10.3 Å². The van der Waals surface area contributed by atoms with Crippen molar-refractivity contribution >= 4 is 22.4 Å². The minimum atomic E-state index is 0.784. The highest BCUT2D eigenvalue weighted by Crippen LogP contribution is 2.30. The van der Waals surface area contributed by atoms with Gasteiger partial charge in [0.1, 0.15) is 0 Å². The van der Waals surface area contributed by atoms with Gasteiger partial charge in [-0.2, -0.15) is 0 Å². The van der Waals surface area contributed by atoms with Gasteiger partial charge in [-0.15, -0.1) is 0 Å². The third kappa shape index (κ3) is 2.92. The number of hydrogen-bond acceptors (Lipinski definition) is 2. The Kier molecular flexibility index (Phi) is 4.18. The van der Waals surface area contributed by atoms with Crippen molar-refractivity contribution in [2.45, 2.75) is 13.5 Å². The van der Waals surface area contributed by atoms with E-state index >= 15 is 0 Å². The Balaban J connectivity index is 2.10. The molecule has 106 valence electrons. The van der Waals surface area contributed by atoms with Crippen molar-refractivity contribution in [3.63, 3.8) is 0 Å². The Hall–Kier alpha value is -1.90. The number of halogens is 1. The van der Waals surface area contributed by atoms with Crippen LogP contribution in [-0.4, -0.2) is 11.5 Å². The molecule has 0 aliphatic carbocycles. The maximum Gasteiger partial charge on any atom is 0.0451 e. The maximum absolute atomic E-state index is 6.29. The summed E-state index contributed by atoms with van der Waals surface area (Å²) in [5, 5.41) is 6.49. The van der Waals surface area contributed by atoms with E-state index in [0.717, 1.165) is 29.1 Å². The lowest BCUT2D eigenvalue weighted by Crippen LogP contribution is -2.12. The van der Waals surface area contributed by atoms with E-state index in [0.29, 0.717) is 0 Å². The van der Waals surface area contributed by atoms with Crippen molar-refractivity contribution in [2.75, 3.05) is 6.54 Å². The monoisotopic (exact) mass is 296 g/mol. The second-order valence-corrected chi connectivity index (χ2v) is 5.40. The quantitative estimate of drug-likeness (QED) is 0.757. The van der Waals surface area contributed by atoms with Crippen LogP contribution >= 0.6 is 11.6 Å². The molecule has 0 saturated carbocycles. The van der Waals surface area contributed by atoms with Crippen molar-refractivity contribution < 1.29 is 0 Å². The minimum absolute atomic E-state index is 0.784. The predicted octanol–water partition coefficient (Wildman–Crippen LogP) is 4.66. The molecule has 1 aromatic heterocycles. The third-order valence-corrected chi connectivity index (χ3v) is 3.97. The van der Waals surface area contributed by atoms with Crippen LogP contribution in [0, 0.1) is 0 Å². The second kappa shape index (κ2) is 6.25. The van der Waals surface area contributed by atoms with E-state index < -0.39 is 0 Å². The normalized spacial score (nSPS) is 11.0. The van der Waals surface area contributed by atoms with Gasteiger partial charge in [-0.3, -0.25) is 4.98 Å². The Bertz CT molecular complexity index is 763. The van der Waals surface area contributed by atoms with E-state index in [1.165, 1.54) is 16.5 Å². The molecule has 0 aliphatic rings. The van der Waals surface area contributed by atoms with Gasteiger partial charge in [0.15, 0.2) is 0 Å². The number of benzene rings is 2. The number of pyridine rings is 1. The van der Waals surface area contributed by atoms with Crippen LogP contribution in [0.15, 0.2) is 54.9 Å². The van der Waals surface area contributed by atoms with E-state index in [1.807, 2.05) is 24.5 Å². The van der Waals surface area contributed by atoms with E-state index in [1.54, 1.807) is 0 Å². The molecular formula is C18H17ClN2. The summed E-state index contributed by atoms with van der Waals surface area (Å²) in [6.07, 6.45) is 3.74. The Labute approximate surface area is 129 Å². The lowest BCUT2D eigenvalue weighted by molar-refractivity contribution is 0.727. The summed E-state index contributed by atoms with van der Waals surface area (Å²) in [6.45, 7) is 3.80. The van der Waals surface area contributed by atoms with Crippen LogP contribution in [0.5, 0.6) is 0 Å². The van der Waals surface area contributed by atoms with Crippen LogP contribution in [0.25, 0.3) is 21.9 Å². The number of hydrogen-bond donors (Lipinski definition) is 1. The van der Waals surface area contributed by atoms with Crippen LogP contribution in [0.3, 0.4) is 0 Å². The van der Waals surface area contributed by atoms with Crippen molar-refractivity contribution in [3.05, 3.63) is 65.4 Å². The summed E-state index contributed by atoms with van der Waals surface area (Å²) < 4.78 is 0. The molecule has 0 fully saturated rings. The van der Waals surface area contributed by atoms with Gasteiger partial charge in [0, 0.05) is 29.3 Å². The highest BCUT2D eigenvalue weighted by molar-refractivity contribution is 6.31. The molecule has 3 aromatic rings. The van der Waals surface area contributed by atoms with E-state index in [9.17, 15) is 0 Å². The first kappa shape index (κ1) is 14.1. The highest BCUT2D eigenvalue weighted by Gasteiger charge is 2.07. The fourth-order valence-electron chi connectivity index (χ4n) is 2.50. The third-order valence-electron chi connectivity index (χ3n) is 3.61. The molecule has 0 saturated heterocycles. The van der Waals surface area contributed by atoms with Gasteiger partial charge < -0.3 is 5.32 Å². The first-order valence-electron chi connectivity index (χ1n) is 7.12. The smallest absolute Gasteiger partial charge is 0.0451 e. The molecule has 0 radical (unpaired) electrons. The topological polar surface area (TPSA) is 24.9 Å². The maximum atomic E-state index is 6.29. The van der Waals surface area contributed by atoms with E-state index in [4.69, 9.17) is 11.6 Å². The zero-order valence-electron chi connectivity index (χ0n) is 11.9. The molecule has 2 nitrogen and oxygen atoms in total. The summed E-state index contributed by atoms with van der Waals surface area (Å²) in [5.41, 5.74) is 3.48. The van der Waals surface area contributed by atoms with Gasteiger partial charge in [0.05, 0.1) is 0 Å².